The van der Waals surface area contributed by atoms with Crippen LogP contribution < -0.4 is 0 Å². The number of hydrogen-bond donors (Lipinski definition) is 1. The van der Waals surface area contributed by atoms with Crippen LogP contribution in [0.4, 0.5) is 0 Å². The lowest BCUT2D eigenvalue weighted by Gasteiger charge is -2.05. The van der Waals surface area contributed by atoms with Crippen LogP contribution in [0, 0.1) is 0 Å². The molecule has 0 unspecified atom stereocenters. The third-order valence-corrected chi connectivity index (χ3v) is 1.42. The van der Waals surface area contributed by atoms with Crippen molar-refractivity contribution in [1.82, 2.24) is 10.0 Å². The van der Waals surface area contributed by atoms with Gasteiger partial charge in [-0.25, -0.2) is 0 Å². The average Bonchev–Trinajstić information content (AvgIpc) is 2.03. The maximum absolute atomic E-state index is 8.82. The fourth-order valence-corrected chi connectivity index (χ4v) is 0.822. The molecule has 1 rings (SSSR count). The second-order valence-corrected chi connectivity index (χ2v) is 2.45. The highest BCUT2D eigenvalue weighted by Crippen LogP contribution is 1.94. The Kier molecular flexibility index (Phi) is 5.62. The van der Waals surface area contributed by atoms with Gasteiger partial charge in [-0.2, -0.15) is 5.06 Å². The Hall–Kier alpha value is -0.640. The number of halogens is 1. The molecule has 0 atom stereocenters. The van der Waals surface area contributed by atoms with E-state index < -0.39 is 0 Å². The van der Waals surface area contributed by atoms with Gasteiger partial charge in [-0.1, -0.05) is 6.07 Å². The summed E-state index contributed by atoms with van der Waals surface area (Å²) in [6.45, 7) is 0.622. The van der Waals surface area contributed by atoms with E-state index in [1.807, 2.05) is 18.2 Å². The molecule has 1 aromatic heterocycles. The van der Waals surface area contributed by atoms with Gasteiger partial charge in [0.2, 0.25) is 0 Å². The Morgan fingerprint density at radius 1 is 1.50 bits per heavy atom. The molecule has 1 aromatic rings. The van der Waals surface area contributed by atoms with Crippen LogP contribution in [0.5, 0.6) is 0 Å². The molecule has 0 saturated heterocycles. The lowest BCUT2D eigenvalue weighted by molar-refractivity contribution is -0.0636. The van der Waals surface area contributed by atoms with Crippen LogP contribution in [0.3, 0.4) is 0 Å². The minimum Gasteiger partial charge on any atom is -0.314 e. The topological polar surface area (TPSA) is 36.4 Å². The van der Waals surface area contributed by atoms with Gasteiger partial charge >= 0.3 is 0 Å². The van der Waals surface area contributed by atoms with E-state index in [0.29, 0.717) is 6.54 Å². The van der Waals surface area contributed by atoms with E-state index in [1.54, 1.807) is 13.2 Å². The van der Waals surface area contributed by atoms with Crippen LogP contribution in [0.15, 0.2) is 24.4 Å². The summed E-state index contributed by atoms with van der Waals surface area (Å²) in [4.78, 5) is 4.11. The minimum absolute atomic E-state index is 0. The summed E-state index contributed by atoms with van der Waals surface area (Å²) < 4.78 is 0. The van der Waals surface area contributed by atoms with Gasteiger partial charge in [-0.15, -0.1) is 12.4 Å². The van der Waals surface area contributed by atoms with Crippen LogP contribution in [0.1, 0.15) is 5.69 Å². The largest absolute Gasteiger partial charge is 0.314 e. The van der Waals surface area contributed by atoms with E-state index >= 15 is 0 Å². The summed E-state index contributed by atoms with van der Waals surface area (Å²) in [7, 11) is 1.63. The first-order valence-corrected chi connectivity index (χ1v) is 3.59. The Morgan fingerprint density at radius 3 is 2.75 bits per heavy atom. The van der Waals surface area contributed by atoms with E-state index in [-0.39, 0.29) is 12.4 Å². The number of pyridine rings is 1. The van der Waals surface area contributed by atoms with Crippen molar-refractivity contribution in [3.05, 3.63) is 30.1 Å². The lowest BCUT2D eigenvalue weighted by atomic mass is 10.3. The fourth-order valence-electron chi connectivity index (χ4n) is 0.822. The fraction of sp³-hybridized carbons (Fsp3) is 0.375. The maximum atomic E-state index is 8.82. The highest BCUT2D eigenvalue weighted by atomic mass is 35.5. The summed E-state index contributed by atoms with van der Waals surface area (Å²) in [5.74, 6) is 0. The van der Waals surface area contributed by atoms with Gasteiger partial charge in [0, 0.05) is 31.9 Å². The molecule has 0 fully saturated rings. The Balaban J connectivity index is 0.00000121. The first-order chi connectivity index (χ1) is 5.29. The SMILES string of the molecule is CN(O)CCc1ccccn1.Cl. The van der Waals surface area contributed by atoms with E-state index in [9.17, 15) is 0 Å². The van der Waals surface area contributed by atoms with E-state index in [0.717, 1.165) is 17.2 Å². The number of rotatable bonds is 3. The van der Waals surface area contributed by atoms with Crippen molar-refractivity contribution in [2.45, 2.75) is 6.42 Å². The number of hydroxylamine groups is 2. The van der Waals surface area contributed by atoms with Crippen molar-refractivity contribution in [2.75, 3.05) is 13.6 Å². The minimum atomic E-state index is 0. The molecular formula is C8H13ClN2O. The second-order valence-electron chi connectivity index (χ2n) is 2.45. The van der Waals surface area contributed by atoms with Crippen molar-refractivity contribution in [1.29, 1.82) is 0 Å². The number of nitrogens with zero attached hydrogens (tertiary/aromatic N) is 2. The van der Waals surface area contributed by atoms with Crippen molar-refractivity contribution in [3.8, 4) is 0 Å². The van der Waals surface area contributed by atoms with Crippen molar-refractivity contribution < 1.29 is 5.21 Å². The monoisotopic (exact) mass is 188 g/mol. The first kappa shape index (κ1) is 11.4. The molecule has 0 radical (unpaired) electrons. The van der Waals surface area contributed by atoms with Crippen LogP contribution in [-0.4, -0.2) is 28.8 Å². The normalized spacial score (nSPS) is 9.58. The Labute approximate surface area is 78.4 Å². The van der Waals surface area contributed by atoms with E-state index in [4.69, 9.17) is 5.21 Å². The molecule has 12 heavy (non-hydrogen) atoms. The highest BCUT2D eigenvalue weighted by molar-refractivity contribution is 5.85. The molecule has 0 spiro atoms. The smallest absolute Gasteiger partial charge is 0.0417 e. The summed E-state index contributed by atoms with van der Waals surface area (Å²) in [5, 5.41) is 9.98. The van der Waals surface area contributed by atoms with Crippen LogP contribution >= 0.6 is 12.4 Å². The molecule has 1 heterocycles. The van der Waals surface area contributed by atoms with Crippen LogP contribution in [-0.2, 0) is 6.42 Å². The second kappa shape index (κ2) is 5.94. The number of likely N-dealkylation sites (N-methyl/N-ethyl adjacent to an activating group) is 1. The van der Waals surface area contributed by atoms with Crippen molar-refractivity contribution in [2.24, 2.45) is 0 Å². The molecule has 0 aliphatic carbocycles. The van der Waals surface area contributed by atoms with Gasteiger partial charge in [0.15, 0.2) is 0 Å². The molecule has 0 saturated carbocycles. The summed E-state index contributed by atoms with van der Waals surface area (Å²) in [6.07, 6.45) is 2.54. The first-order valence-electron chi connectivity index (χ1n) is 3.59. The van der Waals surface area contributed by atoms with Gasteiger partial charge in [-0.05, 0) is 12.1 Å². The number of aromatic nitrogens is 1. The third-order valence-electron chi connectivity index (χ3n) is 1.42. The van der Waals surface area contributed by atoms with Gasteiger partial charge in [0.05, 0.1) is 0 Å². The molecular weight excluding hydrogens is 176 g/mol. The zero-order chi connectivity index (χ0) is 8.10. The zero-order valence-electron chi connectivity index (χ0n) is 6.97. The molecule has 0 amide bonds. The predicted octanol–water partition coefficient (Wildman–Crippen LogP) is 1.37. The molecule has 4 heteroatoms. The average molecular weight is 189 g/mol. The maximum Gasteiger partial charge on any atom is 0.0417 e. The molecule has 0 aromatic carbocycles. The predicted molar refractivity (Wildman–Crippen MR) is 49.6 cm³/mol. The molecule has 0 aliphatic heterocycles. The quantitative estimate of drug-likeness (QED) is 0.728. The molecule has 3 nitrogen and oxygen atoms in total. The third kappa shape index (κ3) is 4.28. The van der Waals surface area contributed by atoms with Crippen LogP contribution in [0.2, 0.25) is 0 Å². The van der Waals surface area contributed by atoms with Crippen molar-refractivity contribution in [3.63, 3.8) is 0 Å². The standard InChI is InChI=1S/C8H12N2O.ClH/c1-10(11)7-5-8-4-2-3-6-9-8;/h2-4,6,11H,5,7H2,1H3;1H. The highest BCUT2D eigenvalue weighted by Gasteiger charge is 1.94. The van der Waals surface area contributed by atoms with E-state index in [1.165, 1.54) is 0 Å². The van der Waals surface area contributed by atoms with Crippen molar-refractivity contribution >= 4 is 12.4 Å². The summed E-state index contributed by atoms with van der Waals surface area (Å²) >= 11 is 0. The van der Waals surface area contributed by atoms with Gasteiger partial charge in [-0.3, -0.25) is 4.98 Å². The molecule has 0 bridgehead atoms. The summed E-state index contributed by atoms with van der Waals surface area (Å²) in [5.41, 5.74) is 1.01. The molecule has 0 aliphatic rings. The van der Waals surface area contributed by atoms with Gasteiger partial charge in [0.25, 0.3) is 0 Å². The molecule has 1 N–H and O–H groups in total. The molecule has 68 valence electrons. The number of hydrogen-bond acceptors (Lipinski definition) is 3. The summed E-state index contributed by atoms with van der Waals surface area (Å²) in [6, 6.07) is 5.77. The van der Waals surface area contributed by atoms with E-state index in [2.05, 4.69) is 4.98 Å². The van der Waals surface area contributed by atoms with Crippen LogP contribution in [0.25, 0.3) is 0 Å². The lowest BCUT2D eigenvalue weighted by Crippen LogP contribution is -2.16. The van der Waals surface area contributed by atoms with Gasteiger partial charge in [0.1, 0.15) is 0 Å². The van der Waals surface area contributed by atoms with Gasteiger partial charge < -0.3 is 5.21 Å². The zero-order valence-corrected chi connectivity index (χ0v) is 7.79. The Bertz CT molecular complexity index is 203. The Morgan fingerprint density at radius 2 is 2.25 bits per heavy atom.